The van der Waals surface area contributed by atoms with Crippen molar-refractivity contribution in [1.29, 1.82) is 0 Å². The fraction of sp³-hybridized carbons (Fsp3) is 0.207. The predicted octanol–water partition coefficient (Wildman–Crippen LogP) is 6.54. The molecule has 0 bridgehead atoms. The van der Waals surface area contributed by atoms with Gasteiger partial charge >= 0.3 is 6.03 Å². The maximum Gasteiger partial charge on any atom is 0.335 e. The summed E-state index contributed by atoms with van der Waals surface area (Å²) in [5.74, 6) is -0.0792. The summed E-state index contributed by atoms with van der Waals surface area (Å²) in [5, 5.41) is 2.82. The van der Waals surface area contributed by atoms with Crippen LogP contribution in [-0.2, 0) is 16.2 Å². The molecule has 1 heterocycles. The summed E-state index contributed by atoms with van der Waals surface area (Å²) >= 11 is 9.76. The maximum absolute atomic E-state index is 13.3. The third kappa shape index (κ3) is 6.61. The second-order valence-corrected chi connectivity index (χ2v) is 9.70. The van der Waals surface area contributed by atoms with Crippen molar-refractivity contribution in [2.45, 2.75) is 26.9 Å². The van der Waals surface area contributed by atoms with Crippen molar-refractivity contribution in [3.05, 3.63) is 86.9 Å². The Bertz CT molecular complexity index is 1420. The molecule has 0 unspecified atom stereocenters. The van der Waals surface area contributed by atoms with Gasteiger partial charge in [0.15, 0.2) is 11.5 Å². The molecule has 0 saturated carbocycles. The van der Waals surface area contributed by atoms with Gasteiger partial charge in [-0.25, -0.2) is 9.69 Å². The third-order valence-corrected chi connectivity index (χ3v) is 6.60. The minimum atomic E-state index is -0.830. The van der Waals surface area contributed by atoms with Gasteiger partial charge in [-0.1, -0.05) is 36.7 Å². The molecular weight excluding hydrogens is 588 g/mol. The monoisotopic (exact) mass is 612 g/mol. The Morgan fingerprint density at radius 1 is 0.974 bits per heavy atom. The van der Waals surface area contributed by atoms with Crippen LogP contribution in [0.15, 0.2) is 70.7 Å². The van der Waals surface area contributed by atoms with Gasteiger partial charge in [0.2, 0.25) is 0 Å². The van der Waals surface area contributed by atoms with E-state index in [1.807, 2.05) is 32.0 Å². The number of carbonyl (C=O) groups excluding carboxylic acids is 3. The summed E-state index contributed by atoms with van der Waals surface area (Å²) in [4.78, 5) is 39.5. The summed E-state index contributed by atoms with van der Waals surface area (Å²) in [5.41, 5.74) is 1.39. The Labute approximate surface area is 239 Å². The number of hydrogen-bond acceptors (Lipinski definition) is 6. The first-order valence-electron chi connectivity index (χ1n) is 12.3. The fourth-order valence-electron chi connectivity index (χ4n) is 3.81. The first-order valence-corrected chi connectivity index (χ1v) is 13.5. The van der Waals surface area contributed by atoms with Crippen LogP contribution in [0.2, 0.25) is 5.02 Å². The molecular formula is C29H26BrClN2O6. The number of urea groups is 1. The molecule has 1 fully saturated rings. The zero-order valence-electron chi connectivity index (χ0n) is 21.3. The highest BCUT2D eigenvalue weighted by Gasteiger charge is 2.37. The van der Waals surface area contributed by atoms with E-state index in [4.69, 9.17) is 25.8 Å². The zero-order chi connectivity index (χ0) is 27.9. The van der Waals surface area contributed by atoms with Crippen LogP contribution in [0, 0.1) is 0 Å². The van der Waals surface area contributed by atoms with Gasteiger partial charge in [-0.05, 0) is 83.4 Å². The molecule has 0 atom stereocenters. The van der Waals surface area contributed by atoms with E-state index in [1.54, 1.807) is 42.5 Å². The Balaban J connectivity index is 1.62. The summed E-state index contributed by atoms with van der Waals surface area (Å²) in [6.07, 6.45) is 2.25. The van der Waals surface area contributed by atoms with Crippen molar-refractivity contribution in [2.75, 3.05) is 18.1 Å². The van der Waals surface area contributed by atoms with Crippen LogP contribution < -0.4 is 24.4 Å². The normalized spacial score (nSPS) is 14.4. The topological polar surface area (TPSA) is 94.2 Å². The van der Waals surface area contributed by atoms with Crippen molar-refractivity contribution < 1.29 is 28.6 Å². The van der Waals surface area contributed by atoms with Crippen LogP contribution in [0.3, 0.4) is 0 Å². The van der Waals surface area contributed by atoms with Gasteiger partial charge in [0.25, 0.3) is 11.8 Å². The molecule has 10 heteroatoms. The predicted molar refractivity (Wildman–Crippen MR) is 152 cm³/mol. The second-order valence-electron chi connectivity index (χ2n) is 8.44. The van der Waals surface area contributed by atoms with Crippen LogP contribution in [-0.4, -0.2) is 31.1 Å². The van der Waals surface area contributed by atoms with Gasteiger partial charge in [-0.3, -0.25) is 14.9 Å². The molecule has 39 heavy (non-hydrogen) atoms. The number of hydrogen-bond donors (Lipinski definition) is 1. The Kier molecular flexibility index (Phi) is 9.27. The largest absolute Gasteiger partial charge is 0.494 e. The quantitative estimate of drug-likeness (QED) is 0.206. The lowest BCUT2D eigenvalue weighted by molar-refractivity contribution is -0.122. The number of ether oxygens (including phenoxy) is 3. The van der Waals surface area contributed by atoms with Crippen LogP contribution in [0.5, 0.6) is 17.2 Å². The molecule has 1 aliphatic heterocycles. The first-order chi connectivity index (χ1) is 18.8. The highest BCUT2D eigenvalue weighted by Crippen LogP contribution is 2.38. The van der Waals surface area contributed by atoms with Crippen molar-refractivity contribution in [3.8, 4) is 17.2 Å². The molecule has 0 aliphatic carbocycles. The summed E-state index contributed by atoms with van der Waals surface area (Å²) in [6, 6.07) is 16.4. The van der Waals surface area contributed by atoms with Crippen molar-refractivity contribution >= 4 is 57.1 Å². The average molecular weight is 614 g/mol. The van der Waals surface area contributed by atoms with E-state index >= 15 is 0 Å². The zero-order valence-corrected chi connectivity index (χ0v) is 23.7. The third-order valence-electron chi connectivity index (χ3n) is 5.64. The lowest BCUT2D eigenvalue weighted by Crippen LogP contribution is -2.54. The summed E-state index contributed by atoms with van der Waals surface area (Å²) in [7, 11) is 0. The standard InChI is InChI=1S/C29H26BrClN2O6/c1-3-13-38-21-11-9-20(10-12-21)33-28(35)22(27(34)32-29(33)36)14-18-15-23(30)26(25(16-18)37-4-2)39-17-19-7-5-6-8-24(19)31/h5-12,14-16H,3-4,13,17H2,1-2H3,(H,32,34,36)/b22-14-. The van der Waals surface area contributed by atoms with E-state index in [1.165, 1.54) is 6.08 Å². The molecule has 1 saturated heterocycles. The molecule has 8 nitrogen and oxygen atoms in total. The van der Waals surface area contributed by atoms with Crippen molar-refractivity contribution in [2.24, 2.45) is 0 Å². The van der Waals surface area contributed by atoms with Gasteiger partial charge in [0, 0.05) is 10.6 Å². The van der Waals surface area contributed by atoms with Crippen LogP contribution >= 0.6 is 27.5 Å². The molecule has 3 aromatic rings. The smallest absolute Gasteiger partial charge is 0.335 e. The van der Waals surface area contributed by atoms with Crippen LogP contribution in [0.25, 0.3) is 6.08 Å². The Morgan fingerprint density at radius 2 is 1.72 bits per heavy atom. The SMILES string of the molecule is CCCOc1ccc(N2C(=O)NC(=O)/C(=C/c3cc(Br)c(OCc4ccccc4Cl)c(OCC)c3)C2=O)cc1. The molecule has 3 aromatic carbocycles. The number of nitrogens with zero attached hydrogens (tertiary/aromatic N) is 1. The molecule has 4 amide bonds. The van der Waals surface area contributed by atoms with Crippen LogP contribution in [0.4, 0.5) is 10.5 Å². The number of barbiturate groups is 1. The number of imide groups is 2. The van der Waals surface area contributed by atoms with Gasteiger partial charge in [-0.2, -0.15) is 0 Å². The Hall–Kier alpha value is -3.82. The molecule has 0 radical (unpaired) electrons. The minimum Gasteiger partial charge on any atom is -0.494 e. The summed E-state index contributed by atoms with van der Waals surface area (Å²) in [6.45, 7) is 4.94. The molecule has 202 valence electrons. The molecule has 1 aliphatic rings. The Morgan fingerprint density at radius 3 is 2.41 bits per heavy atom. The van der Waals surface area contributed by atoms with E-state index in [-0.39, 0.29) is 12.2 Å². The van der Waals surface area contributed by atoms with E-state index in [9.17, 15) is 14.4 Å². The van der Waals surface area contributed by atoms with E-state index in [0.29, 0.717) is 51.2 Å². The van der Waals surface area contributed by atoms with E-state index < -0.39 is 17.8 Å². The highest BCUT2D eigenvalue weighted by molar-refractivity contribution is 9.10. The number of anilines is 1. The van der Waals surface area contributed by atoms with Gasteiger partial charge in [0.1, 0.15) is 17.9 Å². The van der Waals surface area contributed by atoms with Crippen molar-refractivity contribution in [3.63, 3.8) is 0 Å². The number of rotatable bonds is 10. The van der Waals surface area contributed by atoms with Gasteiger partial charge < -0.3 is 14.2 Å². The number of nitrogens with one attached hydrogen (secondary N) is 1. The van der Waals surface area contributed by atoms with Crippen LogP contribution in [0.1, 0.15) is 31.4 Å². The van der Waals surface area contributed by atoms with E-state index in [2.05, 4.69) is 21.2 Å². The maximum atomic E-state index is 13.3. The number of amides is 4. The lowest BCUT2D eigenvalue weighted by atomic mass is 10.1. The van der Waals surface area contributed by atoms with Gasteiger partial charge in [0.05, 0.1) is 23.4 Å². The minimum absolute atomic E-state index is 0.207. The molecule has 1 N–H and O–H groups in total. The van der Waals surface area contributed by atoms with Gasteiger partial charge in [-0.15, -0.1) is 0 Å². The first kappa shape index (κ1) is 28.2. The average Bonchev–Trinajstić information content (AvgIpc) is 2.91. The number of halogens is 2. The van der Waals surface area contributed by atoms with E-state index in [0.717, 1.165) is 16.9 Å². The molecule has 0 spiro atoms. The lowest BCUT2D eigenvalue weighted by Gasteiger charge is -2.26. The summed E-state index contributed by atoms with van der Waals surface area (Å²) < 4.78 is 17.9. The number of benzene rings is 3. The second kappa shape index (κ2) is 12.8. The number of carbonyl (C=O) groups is 3. The molecule has 4 rings (SSSR count). The highest BCUT2D eigenvalue weighted by atomic mass is 79.9. The van der Waals surface area contributed by atoms with Crippen molar-refractivity contribution in [1.82, 2.24) is 5.32 Å². The molecule has 0 aromatic heterocycles. The fourth-order valence-corrected chi connectivity index (χ4v) is 4.57.